The van der Waals surface area contributed by atoms with Gasteiger partial charge in [0, 0.05) is 5.39 Å². The Morgan fingerprint density at radius 2 is 1.85 bits per heavy atom. The second kappa shape index (κ2) is 7.18. The number of ketones is 1. The number of aromatic nitrogens is 2. The van der Waals surface area contributed by atoms with E-state index >= 15 is 0 Å². The molecule has 26 heavy (non-hydrogen) atoms. The van der Waals surface area contributed by atoms with E-state index in [9.17, 15) is 14.4 Å². The molecule has 1 aromatic heterocycles. The van der Waals surface area contributed by atoms with E-state index < -0.39 is 23.9 Å². The van der Waals surface area contributed by atoms with Gasteiger partial charge >= 0.3 is 5.97 Å². The van der Waals surface area contributed by atoms with Crippen LogP contribution in [0.3, 0.4) is 0 Å². The van der Waals surface area contributed by atoms with Gasteiger partial charge in [0.25, 0.3) is 5.56 Å². The van der Waals surface area contributed by atoms with Crippen molar-refractivity contribution in [3.8, 4) is 5.75 Å². The molecule has 1 N–H and O–H groups in total. The minimum atomic E-state index is -0.795. The first-order valence-corrected chi connectivity index (χ1v) is 7.83. The Labute approximate surface area is 148 Å². The molecule has 0 fully saturated rings. The highest BCUT2D eigenvalue weighted by Crippen LogP contribution is 2.21. The summed E-state index contributed by atoms with van der Waals surface area (Å²) in [5, 5.41) is 6.69. The van der Waals surface area contributed by atoms with Crippen LogP contribution < -0.4 is 10.3 Å². The van der Waals surface area contributed by atoms with Crippen LogP contribution in [-0.4, -0.2) is 35.7 Å². The zero-order valence-electron chi connectivity index (χ0n) is 14.2. The van der Waals surface area contributed by atoms with Crippen LogP contribution in [0.15, 0.2) is 47.3 Å². The van der Waals surface area contributed by atoms with Crippen molar-refractivity contribution >= 4 is 22.5 Å². The van der Waals surface area contributed by atoms with Gasteiger partial charge in [0.1, 0.15) is 5.75 Å². The number of Topliss-reactive ketones (excluding diaryl/α,β-unsaturated/α-hetero) is 1. The minimum absolute atomic E-state index is 0.0520. The van der Waals surface area contributed by atoms with Crippen LogP contribution >= 0.6 is 0 Å². The normalized spacial score (nSPS) is 10.5. The van der Waals surface area contributed by atoms with E-state index in [0.29, 0.717) is 22.1 Å². The lowest BCUT2D eigenvalue weighted by atomic mass is 10.1. The van der Waals surface area contributed by atoms with E-state index in [1.54, 1.807) is 42.5 Å². The fraction of sp³-hybridized carbons (Fsp3) is 0.158. The van der Waals surface area contributed by atoms with Crippen molar-refractivity contribution in [1.29, 1.82) is 0 Å². The van der Waals surface area contributed by atoms with Gasteiger partial charge in [-0.15, -0.1) is 0 Å². The Morgan fingerprint density at radius 1 is 1.12 bits per heavy atom. The molecule has 132 valence electrons. The van der Waals surface area contributed by atoms with Crippen molar-refractivity contribution in [3.05, 3.63) is 69.6 Å². The summed E-state index contributed by atoms with van der Waals surface area (Å²) in [4.78, 5) is 36.4. The zero-order valence-corrected chi connectivity index (χ0v) is 14.2. The number of rotatable bonds is 5. The van der Waals surface area contributed by atoms with E-state index in [1.807, 2.05) is 6.92 Å². The number of aromatic amines is 1. The highest BCUT2D eigenvalue weighted by Gasteiger charge is 2.19. The van der Waals surface area contributed by atoms with Gasteiger partial charge in [-0.1, -0.05) is 24.3 Å². The number of ether oxygens (including phenoxy) is 2. The number of methoxy groups -OCH3 is 1. The van der Waals surface area contributed by atoms with Crippen LogP contribution in [0.4, 0.5) is 0 Å². The standard InChI is InChI=1S/C19H16N2O5/c1-11-7-8-14(16(9-11)25-2)15(22)10-26-19(24)17-12-5-3-4-6-13(12)18(23)21-20-17/h3-9H,10H2,1-2H3,(H,21,23). The molecule has 0 aliphatic carbocycles. The average Bonchev–Trinajstić information content (AvgIpc) is 2.66. The number of hydrogen-bond acceptors (Lipinski definition) is 6. The average molecular weight is 352 g/mol. The van der Waals surface area contributed by atoms with Crippen molar-refractivity contribution in [2.75, 3.05) is 13.7 Å². The lowest BCUT2D eigenvalue weighted by Crippen LogP contribution is -2.19. The van der Waals surface area contributed by atoms with E-state index in [-0.39, 0.29) is 5.69 Å². The Morgan fingerprint density at radius 3 is 2.58 bits per heavy atom. The second-order valence-corrected chi connectivity index (χ2v) is 5.65. The molecule has 2 aromatic carbocycles. The third-order valence-corrected chi connectivity index (χ3v) is 3.88. The van der Waals surface area contributed by atoms with Crippen LogP contribution in [0, 0.1) is 6.92 Å². The first kappa shape index (κ1) is 17.3. The number of H-pyrrole nitrogens is 1. The minimum Gasteiger partial charge on any atom is -0.496 e. The van der Waals surface area contributed by atoms with Crippen LogP contribution in [0.2, 0.25) is 0 Å². The van der Waals surface area contributed by atoms with Crippen molar-refractivity contribution in [1.82, 2.24) is 10.2 Å². The van der Waals surface area contributed by atoms with Gasteiger partial charge in [-0.2, -0.15) is 5.10 Å². The Kier molecular flexibility index (Phi) is 4.79. The van der Waals surface area contributed by atoms with E-state index in [4.69, 9.17) is 9.47 Å². The zero-order chi connectivity index (χ0) is 18.7. The molecule has 3 aromatic rings. The SMILES string of the molecule is COc1cc(C)ccc1C(=O)COC(=O)c1n[nH]c(=O)c2ccccc12. The molecule has 0 amide bonds. The van der Waals surface area contributed by atoms with E-state index in [0.717, 1.165) is 5.56 Å². The maximum Gasteiger partial charge on any atom is 0.359 e. The quantitative estimate of drug-likeness (QED) is 0.559. The number of benzene rings is 2. The fourth-order valence-electron chi connectivity index (χ4n) is 2.58. The van der Waals surface area contributed by atoms with Crippen LogP contribution in [-0.2, 0) is 4.74 Å². The number of fused-ring (bicyclic) bond motifs is 1. The molecule has 0 unspecified atom stereocenters. The number of esters is 1. The smallest absolute Gasteiger partial charge is 0.359 e. The van der Waals surface area contributed by atoms with E-state index in [2.05, 4.69) is 10.2 Å². The van der Waals surface area contributed by atoms with Gasteiger partial charge in [0.15, 0.2) is 12.3 Å². The summed E-state index contributed by atoms with van der Waals surface area (Å²) < 4.78 is 10.3. The van der Waals surface area contributed by atoms with Gasteiger partial charge in [-0.05, 0) is 30.7 Å². The maximum absolute atomic E-state index is 12.4. The number of carbonyl (C=O) groups is 2. The van der Waals surface area contributed by atoms with Gasteiger partial charge in [0.05, 0.1) is 18.1 Å². The Balaban J connectivity index is 1.81. The highest BCUT2D eigenvalue weighted by atomic mass is 16.5. The predicted molar refractivity (Wildman–Crippen MR) is 94.7 cm³/mol. The molecule has 7 heteroatoms. The molecule has 0 spiro atoms. The Hall–Kier alpha value is -3.48. The van der Waals surface area contributed by atoms with Gasteiger partial charge in [-0.3, -0.25) is 9.59 Å². The first-order chi connectivity index (χ1) is 12.5. The van der Waals surface area contributed by atoms with Crippen LogP contribution in [0.25, 0.3) is 10.8 Å². The topological polar surface area (TPSA) is 98.3 Å². The summed E-state index contributed by atoms with van der Waals surface area (Å²) in [5.74, 6) is -0.778. The molecule has 0 aliphatic rings. The van der Waals surface area contributed by atoms with Gasteiger partial charge in [0.2, 0.25) is 5.78 Å². The number of nitrogens with one attached hydrogen (secondary N) is 1. The van der Waals surface area contributed by atoms with Gasteiger partial charge < -0.3 is 9.47 Å². The fourth-order valence-corrected chi connectivity index (χ4v) is 2.58. The predicted octanol–water partition coefficient (Wildman–Crippen LogP) is 2.28. The third kappa shape index (κ3) is 3.32. The first-order valence-electron chi connectivity index (χ1n) is 7.83. The lowest BCUT2D eigenvalue weighted by Gasteiger charge is -2.09. The summed E-state index contributed by atoms with van der Waals surface area (Å²) in [6.45, 7) is 1.41. The number of carbonyl (C=O) groups excluding carboxylic acids is 2. The van der Waals surface area contributed by atoms with E-state index in [1.165, 1.54) is 7.11 Å². The molecule has 0 bridgehead atoms. The summed E-state index contributed by atoms with van der Waals surface area (Å²) in [7, 11) is 1.47. The maximum atomic E-state index is 12.4. The summed E-state index contributed by atoms with van der Waals surface area (Å²) >= 11 is 0. The molecular weight excluding hydrogens is 336 g/mol. The molecule has 0 atom stereocenters. The third-order valence-electron chi connectivity index (χ3n) is 3.88. The van der Waals surface area contributed by atoms with Crippen molar-refractivity contribution < 1.29 is 19.1 Å². The molecule has 0 saturated heterocycles. The molecular formula is C19H16N2O5. The van der Waals surface area contributed by atoms with Crippen molar-refractivity contribution in [2.45, 2.75) is 6.92 Å². The van der Waals surface area contributed by atoms with Crippen molar-refractivity contribution in [2.24, 2.45) is 0 Å². The second-order valence-electron chi connectivity index (χ2n) is 5.65. The Bertz CT molecular complexity index is 1060. The lowest BCUT2D eigenvalue weighted by molar-refractivity contribution is 0.0469. The molecule has 3 rings (SSSR count). The summed E-state index contributed by atoms with van der Waals surface area (Å²) in [6.07, 6.45) is 0. The van der Waals surface area contributed by atoms with Crippen molar-refractivity contribution in [3.63, 3.8) is 0 Å². The highest BCUT2D eigenvalue weighted by molar-refractivity contribution is 6.04. The number of hydrogen-bond donors (Lipinski definition) is 1. The van der Waals surface area contributed by atoms with Crippen LogP contribution in [0.5, 0.6) is 5.75 Å². The molecule has 7 nitrogen and oxygen atoms in total. The monoisotopic (exact) mass is 352 g/mol. The molecule has 0 aliphatic heterocycles. The summed E-state index contributed by atoms with van der Waals surface area (Å²) in [5.41, 5.74) is 0.811. The molecule has 0 radical (unpaired) electrons. The van der Waals surface area contributed by atoms with Gasteiger partial charge in [-0.25, -0.2) is 9.89 Å². The molecule has 1 heterocycles. The summed E-state index contributed by atoms with van der Waals surface area (Å²) in [6, 6.07) is 11.7. The largest absolute Gasteiger partial charge is 0.496 e. The van der Waals surface area contributed by atoms with Crippen LogP contribution in [0.1, 0.15) is 26.4 Å². The molecule has 0 saturated carbocycles. The number of aryl methyl sites for hydroxylation is 1. The number of nitrogens with zero attached hydrogens (tertiary/aromatic N) is 1.